The summed E-state index contributed by atoms with van der Waals surface area (Å²) in [6.07, 6.45) is 3.22. The van der Waals surface area contributed by atoms with Gasteiger partial charge in [0.05, 0.1) is 19.1 Å². The molecular formula is C28H39N5O3S. The Morgan fingerprint density at radius 2 is 1.92 bits per heavy atom. The molecule has 2 amide bonds. The lowest BCUT2D eigenvalue weighted by molar-refractivity contribution is -0.143. The summed E-state index contributed by atoms with van der Waals surface area (Å²) in [5.74, 6) is -0.0871. The Morgan fingerprint density at radius 3 is 2.65 bits per heavy atom. The van der Waals surface area contributed by atoms with Crippen molar-refractivity contribution < 1.29 is 14.3 Å². The van der Waals surface area contributed by atoms with Gasteiger partial charge in [-0.15, -0.1) is 11.3 Å². The van der Waals surface area contributed by atoms with Gasteiger partial charge in [-0.25, -0.2) is 4.99 Å². The van der Waals surface area contributed by atoms with Gasteiger partial charge >= 0.3 is 0 Å². The van der Waals surface area contributed by atoms with E-state index in [1.165, 1.54) is 0 Å². The molecule has 1 N–H and O–H groups in total. The normalized spacial score (nSPS) is 21.6. The van der Waals surface area contributed by atoms with Crippen molar-refractivity contribution in [1.82, 2.24) is 20.0 Å². The van der Waals surface area contributed by atoms with Crippen molar-refractivity contribution in [2.75, 3.05) is 40.3 Å². The standard InChI is InChI=1S/C28H39N5O3S/c1-21-26(22-11-6-4-7-12-22)36-28(30-21)32-16-17-33(25(34)14-8-5-9-15-31(2)3)24(20-32)27(35)29-19-23-13-10-18-37-23/h4,6-7,10-13,18,21,24,26H,5,8-9,14-17,19-20H2,1-3H3,(H,29,35)/t21-,24-,26?/m0/s1. The summed E-state index contributed by atoms with van der Waals surface area (Å²) < 4.78 is 6.29. The fourth-order valence-corrected chi connectivity index (χ4v) is 5.48. The molecule has 9 heteroatoms. The number of benzene rings is 1. The summed E-state index contributed by atoms with van der Waals surface area (Å²) in [7, 11) is 4.12. The molecule has 1 saturated heterocycles. The molecule has 8 nitrogen and oxygen atoms in total. The molecule has 200 valence electrons. The van der Waals surface area contributed by atoms with Crippen LogP contribution in [-0.2, 0) is 20.9 Å². The number of nitrogens with zero attached hydrogens (tertiary/aromatic N) is 4. The van der Waals surface area contributed by atoms with Gasteiger partial charge in [-0.2, -0.15) is 0 Å². The molecule has 0 aliphatic carbocycles. The Balaban J connectivity index is 1.40. The number of carbonyl (C=O) groups excluding carboxylic acids is 2. The maximum Gasteiger partial charge on any atom is 0.288 e. The first-order valence-corrected chi connectivity index (χ1v) is 14.1. The maximum atomic E-state index is 13.4. The summed E-state index contributed by atoms with van der Waals surface area (Å²) in [4.78, 5) is 38.4. The molecule has 1 aromatic heterocycles. The predicted octanol–water partition coefficient (Wildman–Crippen LogP) is 3.52. The van der Waals surface area contributed by atoms with Gasteiger partial charge in [0.1, 0.15) is 12.1 Å². The average Bonchev–Trinajstić information content (AvgIpc) is 3.56. The van der Waals surface area contributed by atoms with Crippen LogP contribution in [0.1, 0.15) is 49.2 Å². The number of ether oxygens (including phenoxy) is 1. The maximum absolute atomic E-state index is 13.4. The van der Waals surface area contributed by atoms with Crippen molar-refractivity contribution in [1.29, 1.82) is 0 Å². The van der Waals surface area contributed by atoms with Crippen LogP contribution in [0.3, 0.4) is 0 Å². The predicted molar refractivity (Wildman–Crippen MR) is 147 cm³/mol. The van der Waals surface area contributed by atoms with Crippen molar-refractivity contribution in [3.63, 3.8) is 0 Å². The van der Waals surface area contributed by atoms with E-state index in [1.807, 2.05) is 47.5 Å². The molecule has 0 spiro atoms. The lowest BCUT2D eigenvalue weighted by atomic mass is 10.0. The molecular weight excluding hydrogens is 486 g/mol. The van der Waals surface area contributed by atoms with E-state index in [4.69, 9.17) is 9.73 Å². The van der Waals surface area contributed by atoms with E-state index in [1.54, 1.807) is 16.2 Å². The van der Waals surface area contributed by atoms with Gasteiger partial charge in [-0.1, -0.05) is 42.8 Å². The van der Waals surface area contributed by atoms with E-state index in [0.717, 1.165) is 36.2 Å². The number of rotatable bonds is 10. The zero-order valence-corrected chi connectivity index (χ0v) is 23.0. The topological polar surface area (TPSA) is 77.5 Å². The van der Waals surface area contributed by atoms with Gasteiger partial charge in [0.15, 0.2) is 0 Å². The average molecular weight is 526 g/mol. The van der Waals surface area contributed by atoms with Crippen LogP contribution in [0.4, 0.5) is 0 Å². The van der Waals surface area contributed by atoms with Crippen molar-refractivity contribution in [2.45, 2.75) is 57.3 Å². The molecule has 4 rings (SSSR count). The number of amidine groups is 1. The summed E-state index contributed by atoms with van der Waals surface area (Å²) in [6, 6.07) is 14.0. The first-order valence-electron chi connectivity index (χ1n) is 13.2. The number of thiophene rings is 1. The quantitative estimate of drug-likeness (QED) is 0.481. The fraction of sp³-hybridized carbons (Fsp3) is 0.536. The Labute approximate surface area is 224 Å². The van der Waals surface area contributed by atoms with Gasteiger partial charge in [0.25, 0.3) is 6.02 Å². The third-order valence-corrected chi connectivity index (χ3v) is 7.78. The van der Waals surface area contributed by atoms with E-state index in [9.17, 15) is 9.59 Å². The molecule has 2 aromatic rings. The molecule has 0 saturated carbocycles. The Hall–Kier alpha value is -2.91. The molecule has 2 aliphatic heterocycles. The molecule has 1 unspecified atom stereocenters. The van der Waals surface area contributed by atoms with Crippen LogP contribution in [0.15, 0.2) is 52.8 Å². The van der Waals surface area contributed by atoms with Crippen LogP contribution in [0, 0.1) is 0 Å². The van der Waals surface area contributed by atoms with Crippen molar-refractivity contribution in [2.24, 2.45) is 4.99 Å². The Bertz CT molecular complexity index is 1040. The summed E-state index contributed by atoms with van der Waals surface area (Å²) >= 11 is 1.61. The second-order valence-corrected chi connectivity index (χ2v) is 11.1. The highest BCUT2D eigenvalue weighted by Gasteiger charge is 2.39. The second kappa shape index (κ2) is 13.1. The fourth-order valence-electron chi connectivity index (χ4n) is 4.84. The van der Waals surface area contributed by atoms with E-state index in [2.05, 4.69) is 36.4 Å². The lowest BCUT2D eigenvalue weighted by Crippen LogP contribution is -2.61. The van der Waals surface area contributed by atoms with Crippen LogP contribution in [0.5, 0.6) is 0 Å². The number of carbonyl (C=O) groups is 2. The van der Waals surface area contributed by atoms with Crippen LogP contribution in [0.2, 0.25) is 0 Å². The first kappa shape index (κ1) is 27.1. The van der Waals surface area contributed by atoms with Gasteiger partial charge in [0, 0.05) is 24.4 Å². The van der Waals surface area contributed by atoms with Gasteiger partial charge in [-0.3, -0.25) is 9.59 Å². The number of amides is 2. The van der Waals surface area contributed by atoms with E-state index in [0.29, 0.717) is 38.6 Å². The zero-order valence-electron chi connectivity index (χ0n) is 22.1. The lowest BCUT2D eigenvalue weighted by Gasteiger charge is -2.41. The molecule has 0 radical (unpaired) electrons. The van der Waals surface area contributed by atoms with Crippen LogP contribution in [0.25, 0.3) is 0 Å². The minimum atomic E-state index is -0.583. The van der Waals surface area contributed by atoms with Crippen LogP contribution < -0.4 is 5.32 Å². The van der Waals surface area contributed by atoms with Crippen molar-refractivity contribution >= 4 is 29.2 Å². The smallest absolute Gasteiger partial charge is 0.288 e. The number of piperazine rings is 1. The van der Waals surface area contributed by atoms with Crippen molar-refractivity contribution in [3.05, 3.63) is 58.3 Å². The highest BCUT2D eigenvalue weighted by molar-refractivity contribution is 7.09. The molecule has 3 heterocycles. The number of aliphatic imine (C=N–C) groups is 1. The molecule has 0 bridgehead atoms. The Kier molecular flexibility index (Phi) is 9.57. The molecule has 1 fully saturated rings. The monoisotopic (exact) mass is 525 g/mol. The largest absolute Gasteiger partial charge is 0.455 e. The highest BCUT2D eigenvalue weighted by atomic mass is 32.1. The number of hydrogen-bond donors (Lipinski definition) is 1. The first-order chi connectivity index (χ1) is 17.9. The molecule has 3 atom stereocenters. The zero-order chi connectivity index (χ0) is 26.2. The van der Waals surface area contributed by atoms with E-state index in [-0.39, 0.29) is 24.0 Å². The van der Waals surface area contributed by atoms with Crippen LogP contribution in [-0.4, -0.2) is 84.9 Å². The third-order valence-electron chi connectivity index (χ3n) is 6.90. The van der Waals surface area contributed by atoms with E-state index < -0.39 is 6.04 Å². The van der Waals surface area contributed by atoms with E-state index >= 15 is 0 Å². The summed E-state index contributed by atoms with van der Waals surface area (Å²) in [5, 5.41) is 5.04. The minimum absolute atomic E-state index is 0.0228. The highest BCUT2D eigenvalue weighted by Crippen LogP contribution is 2.30. The van der Waals surface area contributed by atoms with Crippen LogP contribution >= 0.6 is 11.3 Å². The number of unbranched alkanes of at least 4 members (excludes halogenated alkanes) is 2. The molecule has 1 aromatic carbocycles. The summed E-state index contributed by atoms with van der Waals surface area (Å²) in [5.41, 5.74) is 1.09. The SMILES string of the molecule is C[C@@H]1N=C(N2CCN(C(=O)CCCCCN(C)C)[C@H](C(=O)NCc3cccs3)C2)OC1c1ccccc1. The van der Waals surface area contributed by atoms with Gasteiger partial charge < -0.3 is 24.8 Å². The molecule has 37 heavy (non-hydrogen) atoms. The van der Waals surface area contributed by atoms with Crippen molar-refractivity contribution in [3.8, 4) is 0 Å². The summed E-state index contributed by atoms with van der Waals surface area (Å²) in [6.45, 7) is 4.96. The molecule has 2 aliphatic rings. The number of hydrogen-bond acceptors (Lipinski definition) is 7. The van der Waals surface area contributed by atoms with Gasteiger partial charge in [-0.05, 0) is 57.4 Å². The van der Waals surface area contributed by atoms with Gasteiger partial charge in [0.2, 0.25) is 11.8 Å². The number of nitrogens with one attached hydrogen (secondary N) is 1. The third kappa shape index (κ3) is 7.32. The Morgan fingerprint density at radius 1 is 1.11 bits per heavy atom. The second-order valence-electron chi connectivity index (χ2n) is 10.1. The minimum Gasteiger partial charge on any atom is -0.455 e.